The van der Waals surface area contributed by atoms with Gasteiger partial charge in [-0.2, -0.15) is 0 Å². The molecule has 0 fully saturated rings. The van der Waals surface area contributed by atoms with Gasteiger partial charge in [-0.3, -0.25) is 4.98 Å². The molecule has 0 saturated carbocycles. The molecule has 0 atom stereocenters. The molecule has 0 spiro atoms. The lowest BCUT2D eigenvalue weighted by atomic mass is 9.98. The SMILES string of the molecule is Bc1cnc(CCC)c(SCC)c1. The van der Waals surface area contributed by atoms with E-state index < -0.39 is 0 Å². The van der Waals surface area contributed by atoms with Crippen LogP contribution in [0.25, 0.3) is 0 Å². The number of rotatable bonds is 4. The van der Waals surface area contributed by atoms with E-state index in [1.807, 2.05) is 18.0 Å². The number of aryl methyl sites for hydroxylation is 1. The van der Waals surface area contributed by atoms with Gasteiger partial charge in [0.1, 0.15) is 7.85 Å². The van der Waals surface area contributed by atoms with Gasteiger partial charge in [-0.1, -0.05) is 31.8 Å². The normalized spacial score (nSPS) is 10.3. The Bertz CT molecular complexity index is 276. The van der Waals surface area contributed by atoms with Crippen LogP contribution in [0.4, 0.5) is 0 Å². The Labute approximate surface area is 85.8 Å². The topological polar surface area (TPSA) is 12.9 Å². The van der Waals surface area contributed by atoms with Gasteiger partial charge in [0.2, 0.25) is 0 Å². The molecule has 0 aliphatic heterocycles. The van der Waals surface area contributed by atoms with Crippen LogP contribution in [0.1, 0.15) is 26.0 Å². The lowest BCUT2D eigenvalue weighted by molar-refractivity contribution is 0.858. The van der Waals surface area contributed by atoms with E-state index >= 15 is 0 Å². The summed E-state index contributed by atoms with van der Waals surface area (Å²) < 4.78 is 0. The highest BCUT2D eigenvalue weighted by Gasteiger charge is 2.02. The van der Waals surface area contributed by atoms with Crippen LogP contribution in [0.15, 0.2) is 17.2 Å². The van der Waals surface area contributed by atoms with Crippen LogP contribution in [0, 0.1) is 0 Å². The van der Waals surface area contributed by atoms with Gasteiger partial charge in [-0.15, -0.1) is 11.8 Å². The van der Waals surface area contributed by atoms with Crippen molar-refractivity contribution in [3.63, 3.8) is 0 Å². The van der Waals surface area contributed by atoms with E-state index in [0.29, 0.717) is 0 Å². The summed E-state index contributed by atoms with van der Waals surface area (Å²) in [4.78, 5) is 5.83. The quantitative estimate of drug-likeness (QED) is 0.529. The third-order valence-corrected chi connectivity index (χ3v) is 2.81. The summed E-state index contributed by atoms with van der Waals surface area (Å²) >= 11 is 1.89. The van der Waals surface area contributed by atoms with E-state index in [-0.39, 0.29) is 0 Å². The number of thioether (sulfide) groups is 1. The molecule has 0 N–H and O–H groups in total. The van der Waals surface area contributed by atoms with Gasteiger partial charge in [0.15, 0.2) is 0 Å². The molecule has 70 valence electrons. The Hall–Kier alpha value is -0.435. The minimum atomic E-state index is 1.10. The summed E-state index contributed by atoms with van der Waals surface area (Å²) in [6.45, 7) is 4.38. The lowest BCUT2D eigenvalue weighted by Gasteiger charge is -2.06. The lowest BCUT2D eigenvalue weighted by Crippen LogP contribution is -2.06. The van der Waals surface area contributed by atoms with E-state index in [0.717, 1.165) is 12.2 Å². The first-order valence-electron chi connectivity index (χ1n) is 4.86. The number of aromatic nitrogens is 1. The van der Waals surface area contributed by atoms with Crippen molar-refractivity contribution in [3.05, 3.63) is 18.0 Å². The van der Waals surface area contributed by atoms with E-state index in [1.54, 1.807) is 0 Å². The average molecular weight is 193 g/mol. The zero-order valence-electron chi connectivity index (χ0n) is 8.63. The van der Waals surface area contributed by atoms with Crippen molar-refractivity contribution in [2.45, 2.75) is 31.6 Å². The predicted octanol–water partition coefficient (Wildman–Crippen LogP) is 1.40. The van der Waals surface area contributed by atoms with E-state index in [2.05, 4.69) is 32.7 Å². The molecule has 0 amide bonds. The Kier molecular flexibility index (Phi) is 4.36. The van der Waals surface area contributed by atoms with Crippen LogP contribution < -0.4 is 5.46 Å². The van der Waals surface area contributed by atoms with Crippen LogP contribution in [0.5, 0.6) is 0 Å². The van der Waals surface area contributed by atoms with Crippen molar-refractivity contribution >= 4 is 25.1 Å². The standard InChI is InChI=1S/C10H16BNS/c1-3-5-9-10(13-4-2)6-8(11)7-12-9/h6-7H,3-5,11H2,1-2H3. The predicted molar refractivity (Wildman–Crippen MR) is 62.8 cm³/mol. The number of hydrogen-bond acceptors (Lipinski definition) is 2. The minimum Gasteiger partial charge on any atom is -0.261 e. The Morgan fingerprint density at radius 1 is 1.46 bits per heavy atom. The zero-order valence-corrected chi connectivity index (χ0v) is 9.45. The number of hydrogen-bond donors (Lipinski definition) is 0. The van der Waals surface area contributed by atoms with Crippen LogP contribution in [-0.2, 0) is 6.42 Å². The van der Waals surface area contributed by atoms with Gasteiger partial charge in [0, 0.05) is 11.1 Å². The molecule has 0 unspecified atom stereocenters. The molecule has 0 aromatic carbocycles. The van der Waals surface area contributed by atoms with Gasteiger partial charge in [-0.05, 0) is 12.2 Å². The fourth-order valence-electron chi connectivity index (χ4n) is 1.28. The first-order chi connectivity index (χ1) is 6.27. The highest BCUT2D eigenvalue weighted by Crippen LogP contribution is 2.20. The maximum absolute atomic E-state index is 4.47. The first-order valence-corrected chi connectivity index (χ1v) is 5.84. The monoisotopic (exact) mass is 193 g/mol. The molecular formula is C10H16BNS. The average Bonchev–Trinajstić information content (AvgIpc) is 2.10. The molecule has 1 rings (SSSR count). The van der Waals surface area contributed by atoms with Crippen LogP contribution in [0.3, 0.4) is 0 Å². The largest absolute Gasteiger partial charge is 0.261 e. The fourth-order valence-corrected chi connectivity index (χ4v) is 2.18. The summed E-state index contributed by atoms with van der Waals surface area (Å²) in [7, 11) is 2.10. The third kappa shape index (κ3) is 3.07. The van der Waals surface area contributed by atoms with Crippen molar-refractivity contribution in [1.82, 2.24) is 4.98 Å². The van der Waals surface area contributed by atoms with Crippen LogP contribution in [-0.4, -0.2) is 18.6 Å². The van der Waals surface area contributed by atoms with Gasteiger partial charge in [-0.25, -0.2) is 0 Å². The molecule has 3 heteroatoms. The van der Waals surface area contributed by atoms with Crippen molar-refractivity contribution in [3.8, 4) is 0 Å². The number of pyridine rings is 1. The maximum atomic E-state index is 4.47. The molecule has 0 aliphatic carbocycles. The molecule has 0 aliphatic rings. The zero-order chi connectivity index (χ0) is 9.68. The molecular weight excluding hydrogens is 177 g/mol. The Morgan fingerprint density at radius 3 is 2.85 bits per heavy atom. The van der Waals surface area contributed by atoms with Gasteiger partial charge >= 0.3 is 0 Å². The molecule has 0 bridgehead atoms. The maximum Gasteiger partial charge on any atom is 0.141 e. The summed E-state index contributed by atoms with van der Waals surface area (Å²) in [5.41, 5.74) is 2.52. The van der Waals surface area contributed by atoms with Gasteiger partial charge in [0.25, 0.3) is 0 Å². The van der Waals surface area contributed by atoms with Crippen molar-refractivity contribution in [2.75, 3.05) is 5.75 Å². The summed E-state index contributed by atoms with van der Waals surface area (Å²) in [5, 5.41) is 0. The third-order valence-electron chi connectivity index (χ3n) is 1.85. The summed E-state index contributed by atoms with van der Waals surface area (Å²) in [6, 6.07) is 2.24. The van der Waals surface area contributed by atoms with Gasteiger partial charge < -0.3 is 0 Å². The van der Waals surface area contributed by atoms with Crippen molar-refractivity contribution in [1.29, 1.82) is 0 Å². The van der Waals surface area contributed by atoms with Gasteiger partial charge in [0.05, 0.1) is 5.69 Å². The molecule has 13 heavy (non-hydrogen) atoms. The smallest absolute Gasteiger partial charge is 0.141 e. The highest BCUT2D eigenvalue weighted by atomic mass is 32.2. The summed E-state index contributed by atoms with van der Waals surface area (Å²) in [5.74, 6) is 1.13. The summed E-state index contributed by atoms with van der Waals surface area (Å²) in [6.07, 6.45) is 4.24. The van der Waals surface area contributed by atoms with E-state index in [4.69, 9.17) is 0 Å². The van der Waals surface area contributed by atoms with E-state index in [9.17, 15) is 0 Å². The second-order valence-electron chi connectivity index (χ2n) is 3.14. The molecule has 0 radical (unpaired) electrons. The second-order valence-corrected chi connectivity index (χ2v) is 4.45. The Morgan fingerprint density at radius 2 is 2.23 bits per heavy atom. The van der Waals surface area contributed by atoms with Crippen molar-refractivity contribution < 1.29 is 0 Å². The fraction of sp³-hybridized carbons (Fsp3) is 0.500. The Balaban J connectivity index is 2.89. The second kappa shape index (κ2) is 5.33. The van der Waals surface area contributed by atoms with Crippen LogP contribution >= 0.6 is 11.8 Å². The molecule has 1 aromatic heterocycles. The minimum absolute atomic E-state index is 1.10. The molecule has 1 nitrogen and oxygen atoms in total. The van der Waals surface area contributed by atoms with Crippen LogP contribution in [0.2, 0.25) is 0 Å². The van der Waals surface area contributed by atoms with Crippen molar-refractivity contribution in [2.24, 2.45) is 0 Å². The first kappa shape index (κ1) is 10.6. The molecule has 1 heterocycles. The highest BCUT2D eigenvalue weighted by molar-refractivity contribution is 7.99. The molecule has 0 saturated heterocycles. The van der Waals surface area contributed by atoms with E-state index in [1.165, 1.54) is 22.5 Å². The molecule has 1 aromatic rings. The number of nitrogens with zero attached hydrogens (tertiary/aromatic N) is 1.